The van der Waals surface area contributed by atoms with E-state index < -0.39 is 0 Å². The first-order chi connectivity index (χ1) is 6.58. The van der Waals surface area contributed by atoms with Crippen LogP contribution in [0.4, 0.5) is 0 Å². The number of aryl methyl sites for hydroxylation is 1. The smallest absolute Gasteiger partial charge is 0.221 e. The van der Waals surface area contributed by atoms with Gasteiger partial charge < -0.3 is 11.1 Å². The van der Waals surface area contributed by atoms with Gasteiger partial charge in [-0.05, 0) is 13.8 Å². The molecule has 3 N–H and O–H groups in total. The Morgan fingerprint density at radius 2 is 2.50 bits per heavy atom. The van der Waals surface area contributed by atoms with E-state index in [1.807, 2.05) is 13.8 Å². The minimum absolute atomic E-state index is 0.00828. The average molecular weight is 213 g/mol. The summed E-state index contributed by atoms with van der Waals surface area (Å²) >= 11 is 1.59. The molecule has 1 aromatic rings. The lowest BCUT2D eigenvalue weighted by atomic mass is 10.2. The first kappa shape index (κ1) is 11.1. The van der Waals surface area contributed by atoms with Crippen molar-refractivity contribution < 1.29 is 4.79 Å². The molecule has 0 spiro atoms. The van der Waals surface area contributed by atoms with Crippen molar-refractivity contribution >= 4 is 17.2 Å². The predicted molar refractivity (Wildman–Crippen MR) is 57.0 cm³/mol. The zero-order valence-electron chi connectivity index (χ0n) is 8.41. The summed E-state index contributed by atoms with van der Waals surface area (Å²) in [6, 6.07) is -0.0850. The molecule has 1 aromatic heterocycles. The van der Waals surface area contributed by atoms with Crippen LogP contribution in [0.3, 0.4) is 0 Å². The average Bonchev–Trinajstić information content (AvgIpc) is 2.47. The summed E-state index contributed by atoms with van der Waals surface area (Å²) in [5.41, 5.74) is 5.50. The van der Waals surface area contributed by atoms with Crippen LogP contribution in [0.25, 0.3) is 0 Å². The summed E-state index contributed by atoms with van der Waals surface area (Å²) in [6.45, 7) is 4.31. The fraction of sp³-hybridized carbons (Fsp3) is 0.556. The summed E-state index contributed by atoms with van der Waals surface area (Å²) in [5.74, 6) is -0.00828. The zero-order valence-corrected chi connectivity index (χ0v) is 9.23. The molecule has 0 aliphatic rings. The molecule has 1 heterocycles. The van der Waals surface area contributed by atoms with Crippen LogP contribution in [-0.4, -0.2) is 16.9 Å². The molecule has 0 aromatic carbocycles. The van der Waals surface area contributed by atoms with E-state index in [0.717, 1.165) is 9.88 Å². The molecule has 0 bridgehead atoms. The van der Waals surface area contributed by atoms with E-state index in [9.17, 15) is 4.79 Å². The van der Waals surface area contributed by atoms with Crippen LogP contribution in [0, 0.1) is 6.92 Å². The van der Waals surface area contributed by atoms with E-state index in [2.05, 4.69) is 10.3 Å². The standard InChI is InChI=1S/C9H15N3OS/c1-6(10)3-9(13)12-5-8-4-11-7(2)14-8/h4,6H,3,5,10H2,1-2H3,(H,12,13). The Morgan fingerprint density at radius 1 is 1.79 bits per heavy atom. The van der Waals surface area contributed by atoms with Gasteiger partial charge in [-0.3, -0.25) is 4.79 Å². The molecule has 0 aliphatic heterocycles. The molecule has 0 saturated heterocycles. The Balaban J connectivity index is 2.30. The van der Waals surface area contributed by atoms with Crippen molar-refractivity contribution in [2.24, 2.45) is 5.73 Å². The molecule has 1 atom stereocenters. The van der Waals surface area contributed by atoms with Crippen LogP contribution < -0.4 is 11.1 Å². The highest BCUT2D eigenvalue weighted by Gasteiger charge is 2.05. The Morgan fingerprint density at radius 3 is 3.00 bits per heavy atom. The fourth-order valence-corrected chi connectivity index (χ4v) is 1.77. The van der Waals surface area contributed by atoms with Crippen molar-refractivity contribution in [2.45, 2.75) is 32.9 Å². The second kappa shape index (κ2) is 5.07. The van der Waals surface area contributed by atoms with E-state index in [1.54, 1.807) is 17.5 Å². The topological polar surface area (TPSA) is 68.0 Å². The number of amides is 1. The highest BCUT2D eigenvalue weighted by Crippen LogP contribution is 2.10. The maximum atomic E-state index is 11.2. The number of carbonyl (C=O) groups is 1. The number of carbonyl (C=O) groups excluding carboxylic acids is 1. The van der Waals surface area contributed by atoms with E-state index in [-0.39, 0.29) is 11.9 Å². The summed E-state index contributed by atoms with van der Waals surface area (Å²) in [6.07, 6.45) is 2.16. The van der Waals surface area contributed by atoms with Gasteiger partial charge in [0.15, 0.2) is 0 Å². The summed E-state index contributed by atoms with van der Waals surface area (Å²) in [4.78, 5) is 16.4. The van der Waals surface area contributed by atoms with Gasteiger partial charge >= 0.3 is 0 Å². The molecule has 0 saturated carbocycles. The van der Waals surface area contributed by atoms with E-state index >= 15 is 0 Å². The van der Waals surface area contributed by atoms with Gasteiger partial charge in [-0.2, -0.15) is 0 Å². The molecule has 1 rings (SSSR count). The number of nitrogens with zero attached hydrogens (tertiary/aromatic N) is 1. The van der Waals surface area contributed by atoms with E-state index in [1.165, 1.54) is 0 Å². The highest BCUT2D eigenvalue weighted by atomic mass is 32.1. The van der Waals surface area contributed by atoms with Gasteiger partial charge in [-0.25, -0.2) is 4.98 Å². The third kappa shape index (κ3) is 3.85. The van der Waals surface area contributed by atoms with Crippen molar-refractivity contribution in [3.63, 3.8) is 0 Å². The number of rotatable bonds is 4. The van der Waals surface area contributed by atoms with Gasteiger partial charge in [0.1, 0.15) is 0 Å². The zero-order chi connectivity index (χ0) is 10.6. The summed E-state index contributed by atoms with van der Waals surface area (Å²) in [5, 5.41) is 3.81. The molecular weight excluding hydrogens is 198 g/mol. The van der Waals surface area contributed by atoms with Gasteiger partial charge in [-0.1, -0.05) is 0 Å². The second-order valence-corrected chi connectivity index (χ2v) is 4.62. The SMILES string of the molecule is Cc1ncc(CNC(=O)CC(C)N)s1. The van der Waals surface area contributed by atoms with Gasteiger partial charge in [0.25, 0.3) is 0 Å². The largest absolute Gasteiger partial charge is 0.351 e. The van der Waals surface area contributed by atoms with Crippen molar-refractivity contribution in [1.29, 1.82) is 0 Å². The molecule has 0 radical (unpaired) electrons. The lowest BCUT2D eigenvalue weighted by molar-refractivity contribution is -0.121. The van der Waals surface area contributed by atoms with Gasteiger partial charge in [0.05, 0.1) is 11.6 Å². The fourth-order valence-electron chi connectivity index (χ4n) is 1.04. The van der Waals surface area contributed by atoms with E-state index in [0.29, 0.717) is 13.0 Å². The minimum atomic E-state index is -0.0850. The lowest BCUT2D eigenvalue weighted by Crippen LogP contribution is -2.29. The van der Waals surface area contributed by atoms with Gasteiger partial charge in [0, 0.05) is 23.5 Å². The lowest BCUT2D eigenvalue weighted by Gasteiger charge is -2.05. The van der Waals surface area contributed by atoms with Crippen molar-refractivity contribution in [2.75, 3.05) is 0 Å². The van der Waals surface area contributed by atoms with Crippen LogP contribution in [0.15, 0.2) is 6.20 Å². The number of aromatic nitrogens is 1. The number of hydrogen-bond acceptors (Lipinski definition) is 4. The van der Waals surface area contributed by atoms with Gasteiger partial charge in [0.2, 0.25) is 5.91 Å². The molecule has 1 unspecified atom stereocenters. The molecule has 78 valence electrons. The number of nitrogens with one attached hydrogen (secondary N) is 1. The molecular formula is C9H15N3OS. The number of nitrogens with two attached hydrogens (primary N) is 1. The summed E-state index contributed by atoms with van der Waals surface area (Å²) in [7, 11) is 0. The summed E-state index contributed by atoms with van der Waals surface area (Å²) < 4.78 is 0. The van der Waals surface area contributed by atoms with Crippen molar-refractivity contribution in [3.8, 4) is 0 Å². The molecule has 4 nitrogen and oxygen atoms in total. The number of hydrogen-bond donors (Lipinski definition) is 2. The predicted octanol–water partition coefficient (Wildman–Crippen LogP) is 0.805. The molecule has 0 fully saturated rings. The second-order valence-electron chi connectivity index (χ2n) is 3.30. The molecule has 1 amide bonds. The Kier molecular flexibility index (Phi) is 4.03. The third-order valence-electron chi connectivity index (χ3n) is 1.64. The highest BCUT2D eigenvalue weighted by molar-refractivity contribution is 7.11. The first-order valence-electron chi connectivity index (χ1n) is 4.51. The normalized spacial score (nSPS) is 12.5. The maximum absolute atomic E-state index is 11.2. The minimum Gasteiger partial charge on any atom is -0.351 e. The first-order valence-corrected chi connectivity index (χ1v) is 5.33. The van der Waals surface area contributed by atoms with Crippen LogP contribution in [0.2, 0.25) is 0 Å². The van der Waals surface area contributed by atoms with Crippen LogP contribution in [0.5, 0.6) is 0 Å². The Hall–Kier alpha value is -0.940. The van der Waals surface area contributed by atoms with Gasteiger partial charge in [-0.15, -0.1) is 11.3 Å². The Bertz CT molecular complexity index is 309. The quantitative estimate of drug-likeness (QED) is 0.777. The van der Waals surface area contributed by atoms with Crippen molar-refractivity contribution in [3.05, 3.63) is 16.1 Å². The van der Waals surface area contributed by atoms with Crippen molar-refractivity contribution in [1.82, 2.24) is 10.3 Å². The Labute approximate surface area is 87.5 Å². The molecule has 0 aliphatic carbocycles. The maximum Gasteiger partial charge on any atom is 0.221 e. The third-order valence-corrected chi connectivity index (χ3v) is 2.55. The molecule has 5 heteroatoms. The van der Waals surface area contributed by atoms with E-state index in [4.69, 9.17) is 5.73 Å². The number of thiazole rings is 1. The van der Waals surface area contributed by atoms with Crippen LogP contribution >= 0.6 is 11.3 Å². The van der Waals surface area contributed by atoms with Crippen LogP contribution in [-0.2, 0) is 11.3 Å². The monoisotopic (exact) mass is 213 g/mol. The van der Waals surface area contributed by atoms with Crippen LogP contribution in [0.1, 0.15) is 23.2 Å². The molecule has 14 heavy (non-hydrogen) atoms.